The predicted molar refractivity (Wildman–Crippen MR) is 88.7 cm³/mol. The van der Waals surface area contributed by atoms with E-state index in [0.717, 1.165) is 0 Å². The van der Waals surface area contributed by atoms with Crippen molar-refractivity contribution in [2.45, 2.75) is 38.4 Å². The minimum atomic E-state index is -0.718. The van der Waals surface area contributed by atoms with Crippen molar-refractivity contribution in [3.8, 4) is 11.5 Å². The lowest BCUT2D eigenvalue weighted by molar-refractivity contribution is -0.150. The fourth-order valence-electron chi connectivity index (χ4n) is 2.98. The maximum atomic E-state index is 12.7. The van der Waals surface area contributed by atoms with Crippen LogP contribution in [-0.4, -0.2) is 39.0 Å². The van der Waals surface area contributed by atoms with Crippen LogP contribution in [0.5, 0.6) is 11.5 Å². The van der Waals surface area contributed by atoms with Gasteiger partial charge in [0, 0.05) is 6.42 Å². The Kier molecular flexibility index (Phi) is 4.65. The fourth-order valence-corrected chi connectivity index (χ4v) is 2.98. The molecule has 1 saturated heterocycles. The van der Waals surface area contributed by atoms with Crippen molar-refractivity contribution in [3.05, 3.63) is 47.9 Å². The van der Waals surface area contributed by atoms with Crippen LogP contribution < -0.4 is 5.32 Å². The van der Waals surface area contributed by atoms with E-state index in [0.29, 0.717) is 17.7 Å². The molecule has 0 bridgehead atoms. The van der Waals surface area contributed by atoms with Crippen LogP contribution in [-0.2, 0) is 22.6 Å². The summed E-state index contributed by atoms with van der Waals surface area (Å²) in [6.07, 6.45) is 2.25. The summed E-state index contributed by atoms with van der Waals surface area (Å²) in [6, 6.07) is 6.58. The molecule has 2 atom stereocenters. The van der Waals surface area contributed by atoms with E-state index in [1.807, 2.05) is 6.92 Å². The molecular weight excluding hydrogens is 324 g/mol. The van der Waals surface area contributed by atoms with Crippen LogP contribution in [0.4, 0.5) is 0 Å². The van der Waals surface area contributed by atoms with Crippen LogP contribution in [0.1, 0.15) is 24.7 Å². The molecule has 2 unspecified atom stereocenters. The lowest BCUT2D eigenvalue weighted by atomic mass is 9.98. The Labute approximate surface area is 144 Å². The monoisotopic (exact) mass is 344 g/mol. The van der Waals surface area contributed by atoms with E-state index in [1.165, 1.54) is 23.3 Å². The van der Waals surface area contributed by atoms with E-state index in [9.17, 15) is 19.8 Å². The maximum absolute atomic E-state index is 12.7. The predicted octanol–water partition coefficient (Wildman–Crippen LogP) is 1.54. The molecule has 132 valence electrons. The van der Waals surface area contributed by atoms with E-state index >= 15 is 0 Å². The largest absolute Gasteiger partial charge is 0.504 e. The number of furan rings is 1. The molecule has 2 heterocycles. The molecule has 7 nitrogen and oxygen atoms in total. The molecule has 7 heteroatoms. The number of nitrogens with zero attached hydrogens (tertiary/aromatic N) is 1. The summed E-state index contributed by atoms with van der Waals surface area (Å²) in [7, 11) is 0. The minimum Gasteiger partial charge on any atom is -0.504 e. The van der Waals surface area contributed by atoms with Gasteiger partial charge in [-0.3, -0.25) is 9.59 Å². The third kappa shape index (κ3) is 3.45. The summed E-state index contributed by atoms with van der Waals surface area (Å²) in [5, 5.41) is 21.8. The van der Waals surface area contributed by atoms with Crippen LogP contribution in [0.2, 0.25) is 0 Å². The molecule has 1 aromatic heterocycles. The number of amides is 2. The van der Waals surface area contributed by atoms with Gasteiger partial charge in [-0.05, 0) is 36.2 Å². The van der Waals surface area contributed by atoms with Crippen molar-refractivity contribution in [1.29, 1.82) is 0 Å². The summed E-state index contributed by atoms with van der Waals surface area (Å²) in [4.78, 5) is 26.8. The molecule has 1 aromatic carbocycles. The van der Waals surface area contributed by atoms with Gasteiger partial charge in [0.1, 0.15) is 17.8 Å². The second-order valence-corrected chi connectivity index (χ2v) is 6.06. The number of benzene rings is 1. The van der Waals surface area contributed by atoms with Gasteiger partial charge >= 0.3 is 0 Å². The van der Waals surface area contributed by atoms with Gasteiger partial charge in [0.05, 0.1) is 12.8 Å². The van der Waals surface area contributed by atoms with Crippen molar-refractivity contribution >= 4 is 11.8 Å². The van der Waals surface area contributed by atoms with Crippen LogP contribution in [0.3, 0.4) is 0 Å². The van der Waals surface area contributed by atoms with Crippen LogP contribution in [0, 0.1) is 0 Å². The Morgan fingerprint density at radius 1 is 1.20 bits per heavy atom. The Balaban J connectivity index is 1.88. The summed E-state index contributed by atoms with van der Waals surface area (Å²) in [5.41, 5.74) is 0.641. The highest BCUT2D eigenvalue weighted by Gasteiger charge is 2.40. The van der Waals surface area contributed by atoms with Crippen molar-refractivity contribution in [1.82, 2.24) is 10.2 Å². The number of carbonyl (C=O) groups excluding carboxylic acids is 2. The number of hydrogen-bond donors (Lipinski definition) is 3. The zero-order valence-electron chi connectivity index (χ0n) is 13.8. The zero-order chi connectivity index (χ0) is 18.0. The Morgan fingerprint density at radius 2 is 2.00 bits per heavy atom. The average molecular weight is 344 g/mol. The third-order valence-electron chi connectivity index (χ3n) is 4.36. The van der Waals surface area contributed by atoms with Gasteiger partial charge in [-0.1, -0.05) is 13.0 Å². The molecule has 0 radical (unpaired) electrons. The number of rotatable bonds is 5. The van der Waals surface area contributed by atoms with Crippen molar-refractivity contribution in [2.24, 2.45) is 0 Å². The number of hydrogen-bond acceptors (Lipinski definition) is 5. The topological polar surface area (TPSA) is 103 Å². The fraction of sp³-hybridized carbons (Fsp3) is 0.333. The summed E-state index contributed by atoms with van der Waals surface area (Å²) >= 11 is 0. The van der Waals surface area contributed by atoms with E-state index in [-0.39, 0.29) is 36.3 Å². The summed E-state index contributed by atoms with van der Waals surface area (Å²) < 4.78 is 5.32. The molecule has 0 saturated carbocycles. The Morgan fingerprint density at radius 3 is 2.64 bits per heavy atom. The highest BCUT2D eigenvalue weighted by Crippen LogP contribution is 2.27. The smallest absolute Gasteiger partial charge is 0.246 e. The first-order valence-electron chi connectivity index (χ1n) is 8.13. The molecule has 3 N–H and O–H groups in total. The molecule has 1 aliphatic heterocycles. The lowest BCUT2D eigenvalue weighted by Crippen LogP contribution is -2.63. The van der Waals surface area contributed by atoms with E-state index in [1.54, 1.807) is 18.2 Å². The molecule has 25 heavy (non-hydrogen) atoms. The normalized spacial score (nSPS) is 20.6. The van der Waals surface area contributed by atoms with Gasteiger partial charge in [-0.2, -0.15) is 0 Å². The van der Waals surface area contributed by atoms with Crippen molar-refractivity contribution in [2.75, 3.05) is 0 Å². The quantitative estimate of drug-likeness (QED) is 0.714. The molecule has 2 aromatic rings. The second kappa shape index (κ2) is 6.88. The summed E-state index contributed by atoms with van der Waals surface area (Å²) in [6.45, 7) is 2.04. The van der Waals surface area contributed by atoms with Gasteiger partial charge in [0.15, 0.2) is 11.5 Å². The first kappa shape index (κ1) is 16.9. The van der Waals surface area contributed by atoms with Gasteiger partial charge in [-0.25, -0.2) is 0 Å². The molecule has 1 fully saturated rings. The molecule has 1 aliphatic rings. The zero-order valence-corrected chi connectivity index (χ0v) is 13.8. The first-order valence-corrected chi connectivity index (χ1v) is 8.13. The number of piperazine rings is 1. The first-order chi connectivity index (χ1) is 12.0. The van der Waals surface area contributed by atoms with Crippen LogP contribution in [0.25, 0.3) is 0 Å². The highest BCUT2D eigenvalue weighted by molar-refractivity contribution is 5.97. The average Bonchev–Trinajstić information content (AvgIpc) is 3.10. The Hall–Kier alpha value is -2.96. The minimum absolute atomic E-state index is 0.161. The van der Waals surface area contributed by atoms with Crippen LogP contribution in [0.15, 0.2) is 41.0 Å². The molecule has 0 aliphatic carbocycles. The number of phenolic OH excluding ortho intramolecular Hbond substituents is 2. The van der Waals surface area contributed by atoms with E-state index < -0.39 is 12.1 Å². The highest BCUT2D eigenvalue weighted by atomic mass is 16.3. The van der Waals surface area contributed by atoms with Gasteiger partial charge in [0.25, 0.3) is 0 Å². The number of carbonyl (C=O) groups is 2. The van der Waals surface area contributed by atoms with Crippen molar-refractivity contribution in [3.63, 3.8) is 0 Å². The molecular formula is C18H20N2O5. The Bertz CT molecular complexity index is 772. The summed E-state index contributed by atoms with van der Waals surface area (Å²) in [5.74, 6) is -0.302. The second-order valence-electron chi connectivity index (χ2n) is 6.06. The maximum Gasteiger partial charge on any atom is 0.246 e. The number of nitrogens with one attached hydrogen (secondary N) is 1. The third-order valence-corrected chi connectivity index (χ3v) is 4.36. The van der Waals surface area contributed by atoms with Crippen LogP contribution >= 0.6 is 0 Å². The van der Waals surface area contributed by atoms with Gasteiger partial charge < -0.3 is 24.8 Å². The molecule has 2 amide bonds. The van der Waals surface area contributed by atoms with Gasteiger partial charge in [-0.15, -0.1) is 0 Å². The van der Waals surface area contributed by atoms with E-state index in [4.69, 9.17) is 4.42 Å². The number of phenols is 2. The standard InChI is InChI=1S/C18H20N2O5/c1-2-13-18(24)20(10-12-4-3-7-25-12)14(17(23)19-13)8-11-5-6-15(21)16(22)9-11/h3-7,9,13-14,21-22H,2,8,10H2,1H3,(H,19,23). The lowest BCUT2D eigenvalue weighted by Gasteiger charge is -2.38. The van der Waals surface area contributed by atoms with E-state index in [2.05, 4.69) is 5.32 Å². The van der Waals surface area contributed by atoms with Gasteiger partial charge in [0.2, 0.25) is 11.8 Å². The molecule has 3 rings (SSSR count). The molecule has 0 spiro atoms. The number of aromatic hydroxyl groups is 2. The van der Waals surface area contributed by atoms with Crippen molar-refractivity contribution < 1.29 is 24.2 Å². The SMILES string of the molecule is CCC1NC(=O)C(Cc2ccc(O)c(O)c2)N(Cc2ccco2)C1=O.